The number of rotatable bonds is 5. The monoisotopic (exact) mass is 265 g/mol. The van der Waals surface area contributed by atoms with E-state index in [1.807, 2.05) is 0 Å². The number of carbonyl (C=O) groups is 1. The lowest BCUT2D eigenvalue weighted by Gasteiger charge is -2.32. The van der Waals surface area contributed by atoms with E-state index in [0.29, 0.717) is 23.4 Å². The highest BCUT2D eigenvalue weighted by molar-refractivity contribution is 5.99. The molecule has 0 bridgehead atoms. The molecule has 0 fully saturated rings. The number of primary amides is 1. The summed E-state index contributed by atoms with van der Waals surface area (Å²) < 4.78 is 0. The van der Waals surface area contributed by atoms with Gasteiger partial charge in [0, 0.05) is 24.0 Å². The first-order chi connectivity index (χ1) is 8.75. The zero-order valence-corrected chi connectivity index (χ0v) is 11.7. The van der Waals surface area contributed by atoms with Gasteiger partial charge in [-0.2, -0.15) is 0 Å². The average molecular weight is 265 g/mol. The van der Waals surface area contributed by atoms with Crippen LogP contribution in [-0.4, -0.2) is 23.7 Å². The highest BCUT2D eigenvalue weighted by Gasteiger charge is 2.25. The molecule has 0 heterocycles. The molecule has 0 radical (unpaired) electrons. The molecule has 6 N–H and O–H groups in total. The molecular weight excluding hydrogens is 242 g/mol. The molecule has 0 aliphatic heterocycles. The number of amides is 1. The lowest BCUT2D eigenvalue weighted by atomic mass is 9.84. The molecule has 1 amide bonds. The fourth-order valence-corrected chi connectivity index (χ4v) is 1.93. The van der Waals surface area contributed by atoms with Crippen LogP contribution in [0.25, 0.3) is 0 Å². The van der Waals surface area contributed by atoms with Gasteiger partial charge in [0.15, 0.2) is 0 Å². The van der Waals surface area contributed by atoms with Crippen molar-refractivity contribution < 1.29 is 9.90 Å². The molecule has 0 aliphatic rings. The van der Waals surface area contributed by atoms with Crippen molar-refractivity contribution >= 4 is 17.3 Å². The number of carbonyl (C=O) groups excluding carboxylic acids is 1. The molecule has 1 unspecified atom stereocenters. The number of hydrogen-bond donors (Lipinski definition) is 4. The molecule has 5 nitrogen and oxygen atoms in total. The van der Waals surface area contributed by atoms with Gasteiger partial charge in [-0.05, 0) is 30.0 Å². The molecule has 1 atom stereocenters. The second-order valence-electron chi connectivity index (χ2n) is 5.74. The van der Waals surface area contributed by atoms with Crippen molar-refractivity contribution in [2.45, 2.75) is 33.2 Å². The number of benzene rings is 1. The second kappa shape index (κ2) is 5.93. The van der Waals surface area contributed by atoms with E-state index in [1.165, 1.54) is 0 Å². The molecule has 0 spiro atoms. The minimum atomic E-state index is -0.501. The predicted octanol–water partition coefficient (Wildman–Crippen LogP) is 1.58. The lowest BCUT2D eigenvalue weighted by molar-refractivity contribution is 0.100. The summed E-state index contributed by atoms with van der Waals surface area (Å²) in [4.78, 5) is 11.4. The van der Waals surface area contributed by atoms with E-state index in [9.17, 15) is 4.79 Å². The zero-order chi connectivity index (χ0) is 14.6. The lowest BCUT2D eigenvalue weighted by Crippen LogP contribution is -2.35. The van der Waals surface area contributed by atoms with Crippen molar-refractivity contribution in [3.8, 4) is 0 Å². The van der Waals surface area contributed by atoms with Gasteiger partial charge in [-0.25, -0.2) is 0 Å². The van der Waals surface area contributed by atoms with E-state index < -0.39 is 5.91 Å². The van der Waals surface area contributed by atoms with Gasteiger partial charge < -0.3 is 21.9 Å². The first kappa shape index (κ1) is 15.3. The van der Waals surface area contributed by atoms with Gasteiger partial charge in [-0.15, -0.1) is 0 Å². The van der Waals surface area contributed by atoms with Gasteiger partial charge in [-0.3, -0.25) is 4.79 Å². The van der Waals surface area contributed by atoms with Crippen molar-refractivity contribution in [3.63, 3.8) is 0 Å². The normalized spacial score (nSPS) is 13.1. The number of hydrogen-bond acceptors (Lipinski definition) is 4. The highest BCUT2D eigenvalue weighted by Crippen LogP contribution is 2.28. The zero-order valence-electron chi connectivity index (χ0n) is 11.7. The molecule has 106 valence electrons. The third-order valence-corrected chi connectivity index (χ3v) is 3.10. The van der Waals surface area contributed by atoms with Crippen molar-refractivity contribution in [3.05, 3.63) is 23.8 Å². The standard InChI is InChI=1S/C14H23N3O2/c1-14(2,3)12(6-7-18)17-11-8-9(15)4-5-10(11)13(16)19/h4-5,8,12,17-18H,6-7,15H2,1-3H3,(H2,16,19). The Labute approximate surface area is 114 Å². The molecule has 0 aliphatic carbocycles. The number of nitrogens with one attached hydrogen (secondary N) is 1. The Morgan fingerprint density at radius 2 is 2.05 bits per heavy atom. The van der Waals surface area contributed by atoms with Crippen LogP contribution in [0.4, 0.5) is 11.4 Å². The molecule has 1 aromatic carbocycles. The van der Waals surface area contributed by atoms with Gasteiger partial charge in [0.05, 0.1) is 5.56 Å². The Bertz CT molecular complexity index is 452. The van der Waals surface area contributed by atoms with E-state index in [0.717, 1.165) is 0 Å². The van der Waals surface area contributed by atoms with Crippen molar-refractivity contribution in [1.82, 2.24) is 0 Å². The Morgan fingerprint density at radius 3 is 2.53 bits per heavy atom. The number of aliphatic hydroxyl groups excluding tert-OH is 1. The first-order valence-electron chi connectivity index (χ1n) is 6.32. The Hall–Kier alpha value is -1.75. The molecule has 0 saturated carbocycles. The van der Waals surface area contributed by atoms with Crippen molar-refractivity contribution in [2.24, 2.45) is 11.1 Å². The minimum absolute atomic E-state index is 0.0115. The first-order valence-corrected chi connectivity index (χ1v) is 6.32. The van der Waals surface area contributed by atoms with Gasteiger partial charge in [0.1, 0.15) is 0 Å². The summed E-state index contributed by atoms with van der Waals surface area (Å²) in [6, 6.07) is 4.95. The SMILES string of the molecule is CC(C)(C)C(CCO)Nc1cc(N)ccc1C(N)=O. The van der Waals surface area contributed by atoms with Gasteiger partial charge in [0.2, 0.25) is 0 Å². The van der Waals surface area contributed by atoms with Crippen LogP contribution in [0.15, 0.2) is 18.2 Å². The topological polar surface area (TPSA) is 101 Å². The van der Waals surface area contributed by atoms with E-state index in [2.05, 4.69) is 26.1 Å². The minimum Gasteiger partial charge on any atom is -0.399 e. The molecule has 1 rings (SSSR count). The van der Waals surface area contributed by atoms with E-state index in [-0.39, 0.29) is 18.1 Å². The number of nitrogens with two attached hydrogens (primary N) is 2. The van der Waals surface area contributed by atoms with Crippen LogP contribution >= 0.6 is 0 Å². The van der Waals surface area contributed by atoms with Crippen LogP contribution in [0.1, 0.15) is 37.6 Å². The summed E-state index contributed by atoms with van der Waals surface area (Å²) >= 11 is 0. The number of anilines is 2. The van der Waals surface area contributed by atoms with Gasteiger partial charge >= 0.3 is 0 Å². The summed E-state index contributed by atoms with van der Waals surface area (Å²) in [7, 11) is 0. The van der Waals surface area contributed by atoms with Crippen LogP contribution in [0, 0.1) is 5.41 Å². The number of nitrogen functional groups attached to an aromatic ring is 1. The summed E-state index contributed by atoms with van der Waals surface area (Å²) in [6.07, 6.45) is 0.580. The van der Waals surface area contributed by atoms with Gasteiger partial charge in [-0.1, -0.05) is 20.8 Å². The highest BCUT2D eigenvalue weighted by atomic mass is 16.3. The largest absolute Gasteiger partial charge is 0.399 e. The Morgan fingerprint density at radius 1 is 1.42 bits per heavy atom. The van der Waals surface area contributed by atoms with Crippen molar-refractivity contribution in [2.75, 3.05) is 17.7 Å². The Balaban J connectivity index is 3.08. The molecule has 0 saturated heterocycles. The van der Waals surface area contributed by atoms with E-state index in [4.69, 9.17) is 16.6 Å². The maximum Gasteiger partial charge on any atom is 0.250 e. The summed E-state index contributed by atoms with van der Waals surface area (Å²) in [5, 5.41) is 12.4. The average Bonchev–Trinajstić information content (AvgIpc) is 2.26. The Kier molecular flexibility index (Phi) is 4.78. The van der Waals surface area contributed by atoms with Gasteiger partial charge in [0.25, 0.3) is 5.91 Å². The number of aliphatic hydroxyl groups is 1. The van der Waals surface area contributed by atoms with Crippen LogP contribution < -0.4 is 16.8 Å². The maximum atomic E-state index is 11.4. The third kappa shape index (κ3) is 4.13. The second-order valence-corrected chi connectivity index (χ2v) is 5.74. The van der Waals surface area contributed by atoms with Crippen LogP contribution in [-0.2, 0) is 0 Å². The molecular formula is C14H23N3O2. The molecule has 0 aromatic heterocycles. The van der Waals surface area contributed by atoms with E-state index >= 15 is 0 Å². The molecule has 19 heavy (non-hydrogen) atoms. The quantitative estimate of drug-likeness (QED) is 0.607. The van der Waals surface area contributed by atoms with Crippen LogP contribution in [0.3, 0.4) is 0 Å². The van der Waals surface area contributed by atoms with E-state index in [1.54, 1.807) is 18.2 Å². The maximum absolute atomic E-state index is 11.4. The summed E-state index contributed by atoms with van der Waals surface area (Å²) in [5.74, 6) is -0.501. The fourth-order valence-electron chi connectivity index (χ4n) is 1.93. The predicted molar refractivity (Wildman–Crippen MR) is 77.9 cm³/mol. The smallest absolute Gasteiger partial charge is 0.250 e. The fraction of sp³-hybridized carbons (Fsp3) is 0.500. The van der Waals surface area contributed by atoms with Crippen LogP contribution in [0.2, 0.25) is 0 Å². The third-order valence-electron chi connectivity index (χ3n) is 3.10. The molecule has 1 aromatic rings. The van der Waals surface area contributed by atoms with Crippen molar-refractivity contribution in [1.29, 1.82) is 0 Å². The van der Waals surface area contributed by atoms with Crippen LogP contribution in [0.5, 0.6) is 0 Å². The summed E-state index contributed by atoms with van der Waals surface area (Å²) in [5.41, 5.74) is 12.6. The summed E-state index contributed by atoms with van der Waals surface area (Å²) in [6.45, 7) is 6.27. The molecule has 5 heteroatoms.